The van der Waals surface area contributed by atoms with Crippen LogP contribution in [-0.2, 0) is 0 Å². The van der Waals surface area contributed by atoms with Crippen LogP contribution in [0.3, 0.4) is 0 Å². The Bertz CT molecular complexity index is 262. The van der Waals surface area contributed by atoms with E-state index in [1.54, 1.807) is 0 Å². The number of hydrogen-bond acceptors (Lipinski definition) is 4. The molecule has 13 heavy (non-hydrogen) atoms. The Balaban J connectivity index is 2.59. The molecule has 0 aliphatic carbocycles. The fourth-order valence-electron chi connectivity index (χ4n) is 0.709. The van der Waals surface area contributed by atoms with E-state index < -0.39 is 12.5 Å². The standard InChI is InChI=1S/C7H10F2N4/c1-4(7(8)9)13-6-3-11-5(10)2-12-6/h2-4,7H,1H3,(H2,10,11)(H,12,13). The lowest BCUT2D eigenvalue weighted by Crippen LogP contribution is -2.24. The lowest BCUT2D eigenvalue weighted by molar-refractivity contribution is 0.130. The number of rotatable bonds is 3. The summed E-state index contributed by atoms with van der Waals surface area (Å²) in [6.45, 7) is 1.36. The van der Waals surface area contributed by atoms with Gasteiger partial charge in [0.25, 0.3) is 6.43 Å². The third kappa shape index (κ3) is 2.81. The first-order valence-electron chi connectivity index (χ1n) is 3.72. The molecule has 0 spiro atoms. The molecule has 0 radical (unpaired) electrons. The van der Waals surface area contributed by atoms with Gasteiger partial charge < -0.3 is 11.1 Å². The highest BCUT2D eigenvalue weighted by molar-refractivity contribution is 5.36. The Morgan fingerprint density at radius 1 is 1.38 bits per heavy atom. The highest BCUT2D eigenvalue weighted by Gasteiger charge is 2.14. The van der Waals surface area contributed by atoms with Gasteiger partial charge in [0.1, 0.15) is 11.6 Å². The molecular formula is C7H10F2N4. The maximum Gasteiger partial charge on any atom is 0.258 e. The van der Waals surface area contributed by atoms with E-state index in [1.807, 2.05) is 0 Å². The molecule has 0 aromatic carbocycles. The molecule has 1 aromatic heterocycles. The number of hydrogen-bond donors (Lipinski definition) is 2. The zero-order valence-corrected chi connectivity index (χ0v) is 7.04. The molecule has 3 N–H and O–H groups in total. The first-order valence-corrected chi connectivity index (χ1v) is 3.72. The van der Waals surface area contributed by atoms with Crippen molar-refractivity contribution in [2.24, 2.45) is 0 Å². The van der Waals surface area contributed by atoms with E-state index in [4.69, 9.17) is 5.73 Å². The molecule has 0 aliphatic rings. The minimum Gasteiger partial charge on any atom is -0.382 e. The fraction of sp³-hybridized carbons (Fsp3) is 0.429. The molecule has 0 aliphatic heterocycles. The summed E-state index contributed by atoms with van der Waals surface area (Å²) in [5.74, 6) is 0.553. The van der Waals surface area contributed by atoms with Crippen molar-refractivity contribution in [1.29, 1.82) is 0 Å². The number of nitrogens with one attached hydrogen (secondary N) is 1. The van der Waals surface area contributed by atoms with Crippen LogP contribution in [0.2, 0.25) is 0 Å². The van der Waals surface area contributed by atoms with E-state index in [-0.39, 0.29) is 5.82 Å². The zero-order chi connectivity index (χ0) is 9.84. The number of aromatic nitrogens is 2. The van der Waals surface area contributed by atoms with E-state index in [2.05, 4.69) is 15.3 Å². The molecule has 4 nitrogen and oxygen atoms in total. The average molecular weight is 188 g/mol. The summed E-state index contributed by atoms with van der Waals surface area (Å²) in [7, 11) is 0. The van der Waals surface area contributed by atoms with Crippen LogP contribution in [0.15, 0.2) is 12.4 Å². The van der Waals surface area contributed by atoms with Gasteiger partial charge >= 0.3 is 0 Å². The third-order valence-electron chi connectivity index (χ3n) is 1.43. The summed E-state index contributed by atoms with van der Waals surface area (Å²) < 4.78 is 24.1. The van der Waals surface area contributed by atoms with Gasteiger partial charge in [-0.15, -0.1) is 0 Å². The molecule has 0 bridgehead atoms. The number of alkyl halides is 2. The van der Waals surface area contributed by atoms with Gasteiger partial charge in [-0.25, -0.2) is 18.7 Å². The molecule has 0 saturated carbocycles. The minimum absolute atomic E-state index is 0.259. The molecule has 72 valence electrons. The normalized spacial score (nSPS) is 12.9. The van der Waals surface area contributed by atoms with Gasteiger partial charge in [-0.3, -0.25) is 0 Å². The van der Waals surface area contributed by atoms with Crippen molar-refractivity contribution in [1.82, 2.24) is 9.97 Å². The third-order valence-corrected chi connectivity index (χ3v) is 1.43. The minimum atomic E-state index is -2.43. The van der Waals surface area contributed by atoms with Crippen molar-refractivity contribution in [3.05, 3.63) is 12.4 Å². The topological polar surface area (TPSA) is 63.8 Å². The van der Waals surface area contributed by atoms with Gasteiger partial charge in [0, 0.05) is 0 Å². The maximum absolute atomic E-state index is 12.1. The van der Waals surface area contributed by atoms with Crippen LogP contribution in [0, 0.1) is 0 Å². The second-order valence-electron chi connectivity index (χ2n) is 2.59. The highest BCUT2D eigenvalue weighted by Crippen LogP contribution is 2.08. The van der Waals surface area contributed by atoms with Crippen LogP contribution in [0.25, 0.3) is 0 Å². The van der Waals surface area contributed by atoms with Crippen LogP contribution in [0.4, 0.5) is 20.4 Å². The van der Waals surface area contributed by atoms with Gasteiger partial charge in [0.15, 0.2) is 0 Å². The van der Waals surface area contributed by atoms with Crippen molar-refractivity contribution < 1.29 is 8.78 Å². The van der Waals surface area contributed by atoms with Crippen molar-refractivity contribution in [3.63, 3.8) is 0 Å². The molecule has 1 atom stereocenters. The van der Waals surface area contributed by atoms with E-state index in [0.29, 0.717) is 5.82 Å². The van der Waals surface area contributed by atoms with E-state index >= 15 is 0 Å². The summed E-state index contributed by atoms with van der Waals surface area (Å²) in [4.78, 5) is 7.47. The van der Waals surface area contributed by atoms with Crippen molar-refractivity contribution >= 4 is 11.6 Å². The molecule has 0 saturated heterocycles. The predicted octanol–water partition coefficient (Wildman–Crippen LogP) is 1.12. The molecule has 0 amide bonds. The summed E-state index contributed by atoms with van der Waals surface area (Å²) in [5.41, 5.74) is 5.27. The molecule has 1 heterocycles. The van der Waals surface area contributed by atoms with Gasteiger partial charge in [0.05, 0.1) is 18.4 Å². The van der Waals surface area contributed by atoms with Gasteiger partial charge in [-0.1, -0.05) is 0 Å². The van der Waals surface area contributed by atoms with Crippen molar-refractivity contribution in [2.45, 2.75) is 19.4 Å². The second-order valence-corrected chi connectivity index (χ2v) is 2.59. The Morgan fingerprint density at radius 2 is 2.08 bits per heavy atom. The van der Waals surface area contributed by atoms with Gasteiger partial charge in [-0.2, -0.15) is 0 Å². The van der Waals surface area contributed by atoms with Gasteiger partial charge in [0.2, 0.25) is 0 Å². The molecule has 1 aromatic rings. The van der Waals surface area contributed by atoms with Crippen LogP contribution >= 0.6 is 0 Å². The first kappa shape index (κ1) is 9.63. The largest absolute Gasteiger partial charge is 0.382 e. The number of anilines is 2. The Kier molecular flexibility index (Phi) is 2.94. The van der Waals surface area contributed by atoms with Crippen LogP contribution in [0.1, 0.15) is 6.92 Å². The molecule has 1 unspecified atom stereocenters. The average Bonchev–Trinajstić information content (AvgIpc) is 2.08. The number of nitrogens with two attached hydrogens (primary N) is 1. The lowest BCUT2D eigenvalue weighted by Gasteiger charge is -2.12. The van der Waals surface area contributed by atoms with Crippen molar-refractivity contribution in [2.75, 3.05) is 11.1 Å². The van der Waals surface area contributed by atoms with Crippen LogP contribution < -0.4 is 11.1 Å². The quantitative estimate of drug-likeness (QED) is 0.746. The number of halogens is 2. The zero-order valence-electron chi connectivity index (χ0n) is 7.04. The van der Waals surface area contributed by atoms with E-state index in [1.165, 1.54) is 19.3 Å². The molecule has 0 fully saturated rings. The number of nitrogens with zero attached hydrogens (tertiary/aromatic N) is 2. The monoisotopic (exact) mass is 188 g/mol. The fourth-order valence-corrected chi connectivity index (χ4v) is 0.709. The van der Waals surface area contributed by atoms with E-state index in [9.17, 15) is 8.78 Å². The summed E-state index contributed by atoms with van der Waals surface area (Å²) in [5, 5.41) is 2.49. The summed E-state index contributed by atoms with van der Waals surface area (Å²) in [6.07, 6.45) is 0.189. The van der Waals surface area contributed by atoms with Gasteiger partial charge in [-0.05, 0) is 6.92 Å². The highest BCUT2D eigenvalue weighted by atomic mass is 19.3. The summed E-state index contributed by atoms with van der Waals surface area (Å²) in [6, 6.07) is -0.946. The second kappa shape index (κ2) is 3.97. The molecular weight excluding hydrogens is 178 g/mol. The Labute approximate surface area is 74.2 Å². The molecule has 6 heteroatoms. The van der Waals surface area contributed by atoms with Crippen LogP contribution in [-0.4, -0.2) is 22.4 Å². The number of nitrogen functional groups attached to an aromatic ring is 1. The van der Waals surface area contributed by atoms with E-state index in [0.717, 1.165) is 0 Å². The maximum atomic E-state index is 12.1. The smallest absolute Gasteiger partial charge is 0.258 e. The Morgan fingerprint density at radius 3 is 2.54 bits per heavy atom. The predicted molar refractivity (Wildman–Crippen MR) is 45.5 cm³/mol. The summed E-state index contributed by atoms with van der Waals surface area (Å²) >= 11 is 0. The molecule has 1 rings (SSSR count). The van der Waals surface area contributed by atoms with Crippen molar-refractivity contribution in [3.8, 4) is 0 Å². The van der Waals surface area contributed by atoms with Crippen LogP contribution in [0.5, 0.6) is 0 Å². The first-order chi connectivity index (χ1) is 6.09. The Hall–Kier alpha value is -1.46. The lowest BCUT2D eigenvalue weighted by atomic mass is 10.3. The SMILES string of the molecule is CC(Nc1cnc(N)cn1)C(F)F.